The van der Waals surface area contributed by atoms with Crippen molar-refractivity contribution in [3.63, 3.8) is 0 Å². The molecule has 9 heteroatoms. The van der Waals surface area contributed by atoms with Crippen LogP contribution in [0.5, 0.6) is 0 Å². The van der Waals surface area contributed by atoms with Gasteiger partial charge < -0.3 is 9.88 Å². The SMILES string of the molecule is CCn1c(=O)ccc2cc(C#CCn3c(Cl)c(NC(=O)CCc4ccc(C)cc4)c(=O)n(C)c3=O)ccc21. The Morgan fingerprint density at radius 2 is 1.74 bits per heavy atom. The molecule has 0 saturated heterocycles. The minimum absolute atomic E-state index is 0.0689. The van der Waals surface area contributed by atoms with Crippen LogP contribution in [0.25, 0.3) is 10.9 Å². The number of nitrogens with one attached hydrogen (secondary N) is 1. The van der Waals surface area contributed by atoms with Crippen LogP contribution in [0.1, 0.15) is 30.0 Å². The number of pyridine rings is 1. The molecule has 38 heavy (non-hydrogen) atoms. The summed E-state index contributed by atoms with van der Waals surface area (Å²) in [6.07, 6.45) is 0.643. The highest BCUT2D eigenvalue weighted by Crippen LogP contribution is 2.17. The minimum atomic E-state index is -0.690. The lowest BCUT2D eigenvalue weighted by Gasteiger charge is -2.13. The molecule has 4 aromatic rings. The third kappa shape index (κ3) is 5.63. The van der Waals surface area contributed by atoms with Gasteiger partial charge in [-0.15, -0.1) is 0 Å². The molecule has 194 valence electrons. The third-order valence-corrected chi connectivity index (χ3v) is 6.67. The van der Waals surface area contributed by atoms with Gasteiger partial charge in [0.15, 0.2) is 0 Å². The summed E-state index contributed by atoms with van der Waals surface area (Å²) >= 11 is 6.41. The van der Waals surface area contributed by atoms with Gasteiger partial charge in [-0.3, -0.25) is 23.5 Å². The number of nitrogens with zero attached hydrogens (tertiary/aromatic N) is 3. The Balaban J connectivity index is 1.55. The van der Waals surface area contributed by atoms with E-state index < -0.39 is 11.2 Å². The van der Waals surface area contributed by atoms with Crippen LogP contribution < -0.4 is 22.1 Å². The number of aromatic nitrogens is 3. The van der Waals surface area contributed by atoms with E-state index in [2.05, 4.69) is 17.2 Å². The first-order chi connectivity index (χ1) is 18.2. The van der Waals surface area contributed by atoms with Gasteiger partial charge in [0, 0.05) is 31.6 Å². The van der Waals surface area contributed by atoms with E-state index in [-0.39, 0.29) is 35.3 Å². The molecule has 4 rings (SSSR count). The molecule has 0 radical (unpaired) electrons. The summed E-state index contributed by atoms with van der Waals surface area (Å²) < 4.78 is 3.71. The van der Waals surface area contributed by atoms with Gasteiger partial charge in [0.1, 0.15) is 10.8 Å². The second kappa shape index (κ2) is 11.4. The molecule has 2 aromatic carbocycles. The molecule has 0 aliphatic rings. The summed E-state index contributed by atoms with van der Waals surface area (Å²) in [5.41, 5.74) is 2.07. The molecular weight excluding hydrogens is 504 g/mol. The summed E-state index contributed by atoms with van der Waals surface area (Å²) in [7, 11) is 1.32. The number of anilines is 1. The highest BCUT2D eigenvalue weighted by molar-refractivity contribution is 6.32. The number of benzene rings is 2. The normalized spacial score (nSPS) is 10.7. The van der Waals surface area contributed by atoms with Crippen molar-refractivity contribution < 1.29 is 4.79 Å². The zero-order valence-corrected chi connectivity index (χ0v) is 22.1. The maximum absolute atomic E-state index is 12.7. The summed E-state index contributed by atoms with van der Waals surface area (Å²) in [4.78, 5) is 50.1. The summed E-state index contributed by atoms with van der Waals surface area (Å²) in [5.74, 6) is 5.53. The lowest BCUT2D eigenvalue weighted by Crippen LogP contribution is -2.40. The average Bonchev–Trinajstić information content (AvgIpc) is 2.91. The largest absolute Gasteiger partial charge is 0.332 e. The molecule has 2 heterocycles. The van der Waals surface area contributed by atoms with E-state index in [1.807, 2.05) is 50.2 Å². The summed E-state index contributed by atoms with van der Waals surface area (Å²) in [6.45, 7) is 4.36. The number of fused-ring (bicyclic) bond motifs is 1. The number of hydrogen-bond acceptors (Lipinski definition) is 4. The van der Waals surface area contributed by atoms with Gasteiger partial charge in [-0.2, -0.15) is 0 Å². The van der Waals surface area contributed by atoms with Gasteiger partial charge in [0.25, 0.3) is 11.1 Å². The van der Waals surface area contributed by atoms with E-state index in [4.69, 9.17) is 11.6 Å². The van der Waals surface area contributed by atoms with Crippen LogP contribution in [-0.4, -0.2) is 19.6 Å². The van der Waals surface area contributed by atoms with Crippen LogP contribution >= 0.6 is 11.6 Å². The highest BCUT2D eigenvalue weighted by Gasteiger charge is 2.18. The molecule has 2 aromatic heterocycles. The Labute approximate surface area is 224 Å². The van der Waals surface area contributed by atoms with Crippen LogP contribution in [-0.2, 0) is 31.4 Å². The summed E-state index contributed by atoms with van der Waals surface area (Å²) in [6, 6.07) is 16.6. The van der Waals surface area contributed by atoms with Crippen LogP contribution in [0.15, 0.2) is 69.0 Å². The monoisotopic (exact) mass is 530 g/mol. The van der Waals surface area contributed by atoms with E-state index in [1.165, 1.54) is 13.1 Å². The molecule has 0 aliphatic heterocycles. The fourth-order valence-electron chi connectivity index (χ4n) is 4.13. The predicted octanol–water partition coefficient (Wildman–Crippen LogP) is 3.47. The maximum atomic E-state index is 12.7. The molecular formula is C29H27ClN4O4. The zero-order valence-electron chi connectivity index (χ0n) is 21.4. The van der Waals surface area contributed by atoms with E-state index in [0.29, 0.717) is 18.5 Å². The summed E-state index contributed by atoms with van der Waals surface area (Å²) in [5, 5.41) is 3.26. The number of rotatable bonds is 6. The Bertz CT molecular complexity index is 1770. The van der Waals surface area contributed by atoms with Gasteiger partial charge in [-0.25, -0.2) is 4.79 Å². The van der Waals surface area contributed by atoms with Crippen molar-refractivity contribution in [1.82, 2.24) is 13.7 Å². The molecule has 0 atom stereocenters. The molecule has 0 spiro atoms. The number of carbonyl (C=O) groups excluding carboxylic acids is 1. The highest BCUT2D eigenvalue weighted by atomic mass is 35.5. The molecule has 1 amide bonds. The molecule has 1 N–H and O–H groups in total. The van der Waals surface area contributed by atoms with Crippen molar-refractivity contribution >= 4 is 34.1 Å². The van der Waals surface area contributed by atoms with Crippen molar-refractivity contribution in [2.75, 3.05) is 5.32 Å². The molecule has 0 fully saturated rings. The number of hydrogen-bond donors (Lipinski definition) is 1. The fourth-order valence-corrected chi connectivity index (χ4v) is 4.39. The first-order valence-corrected chi connectivity index (χ1v) is 12.5. The van der Waals surface area contributed by atoms with Crippen molar-refractivity contribution in [3.05, 3.63) is 108 Å². The Morgan fingerprint density at radius 1 is 1.00 bits per heavy atom. The van der Waals surface area contributed by atoms with Gasteiger partial charge in [0.2, 0.25) is 5.91 Å². The van der Waals surface area contributed by atoms with E-state index in [9.17, 15) is 19.2 Å². The van der Waals surface area contributed by atoms with E-state index >= 15 is 0 Å². The molecule has 0 saturated carbocycles. The van der Waals surface area contributed by atoms with Gasteiger partial charge >= 0.3 is 5.69 Å². The average molecular weight is 531 g/mol. The van der Waals surface area contributed by atoms with Crippen molar-refractivity contribution in [2.45, 2.75) is 39.8 Å². The second-order valence-corrected chi connectivity index (χ2v) is 9.28. The third-order valence-electron chi connectivity index (χ3n) is 6.28. The van der Waals surface area contributed by atoms with E-state index in [0.717, 1.165) is 31.2 Å². The number of amides is 1. The number of carbonyl (C=O) groups is 1. The number of halogens is 1. The van der Waals surface area contributed by atoms with Crippen LogP contribution in [0.3, 0.4) is 0 Å². The molecule has 0 aliphatic carbocycles. The lowest BCUT2D eigenvalue weighted by atomic mass is 10.1. The quantitative estimate of drug-likeness (QED) is 0.305. The minimum Gasteiger partial charge on any atom is -0.319 e. The van der Waals surface area contributed by atoms with Crippen LogP contribution in [0.4, 0.5) is 5.69 Å². The van der Waals surface area contributed by atoms with Gasteiger partial charge in [-0.05, 0) is 55.5 Å². The lowest BCUT2D eigenvalue weighted by molar-refractivity contribution is -0.116. The zero-order chi connectivity index (χ0) is 27.4. The Hall–Kier alpha value is -4.35. The van der Waals surface area contributed by atoms with Gasteiger partial charge in [0.05, 0.1) is 12.1 Å². The first-order valence-electron chi connectivity index (χ1n) is 12.2. The maximum Gasteiger partial charge on any atom is 0.332 e. The van der Waals surface area contributed by atoms with E-state index in [1.54, 1.807) is 16.7 Å². The first kappa shape index (κ1) is 26.7. The van der Waals surface area contributed by atoms with Crippen molar-refractivity contribution in [3.8, 4) is 11.8 Å². The van der Waals surface area contributed by atoms with Crippen molar-refractivity contribution in [1.29, 1.82) is 0 Å². The fraction of sp³-hybridized carbons (Fsp3) is 0.241. The number of aryl methyl sites for hydroxylation is 3. The Morgan fingerprint density at radius 3 is 2.45 bits per heavy atom. The van der Waals surface area contributed by atoms with Crippen molar-refractivity contribution in [2.24, 2.45) is 7.05 Å². The molecule has 0 unspecified atom stereocenters. The second-order valence-electron chi connectivity index (χ2n) is 8.92. The van der Waals surface area contributed by atoms with Crippen LogP contribution in [0.2, 0.25) is 5.15 Å². The topological polar surface area (TPSA) is 95.1 Å². The predicted molar refractivity (Wildman–Crippen MR) is 150 cm³/mol. The molecule has 0 bridgehead atoms. The molecule has 8 nitrogen and oxygen atoms in total. The van der Waals surface area contributed by atoms with Gasteiger partial charge in [-0.1, -0.05) is 53.3 Å². The standard InChI is InChI=1S/C29H27ClN4O4/c1-4-33-23-14-11-21(18-22(23)13-16-25(33)36)6-5-17-34-27(30)26(28(37)32(3)29(34)38)31-24(35)15-12-20-9-7-19(2)8-10-20/h7-11,13-14,16,18H,4,12,15,17H2,1-3H3,(H,31,35). The van der Waals surface area contributed by atoms with Crippen LogP contribution in [0, 0.1) is 18.8 Å². The smallest absolute Gasteiger partial charge is 0.319 e. The Kier molecular flexibility index (Phi) is 7.99.